The van der Waals surface area contributed by atoms with Crippen LogP contribution in [0, 0.1) is 0 Å². The van der Waals surface area contributed by atoms with Gasteiger partial charge in [-0.15, -0.1) is 10.2 Å². The molecule has 3 aromatic heterocycles. The molecule has 11 heteroatoms. The van der Waals surface area contributed by atoms with Crippen molar-refractivity contribution in [2.75, 3.05) is 41.9 Å². The zero-order valence-electron chi connectivity index (χ0n) is 23.7. The minimum Gasteiger partial charge on any atom is -0.389 e. The summed E-state index contributed by atoms with van der Waals surface area (Å²) in [7, 11) is 3.64. The highest BCUT2D eigenvalue weighted by molar-refractivity contribution is 5.98. The third-order valence-electron chi connectivity index (χ3n) is 8.39. The van der Waals surface area contributed by atoms with E-state index in [2.05, 4.69) is 64.4 Å². The molecule has 210 valence electrons. The standard InChI is InChI=1S/C29H37N9O2/c1-17(2)19-6-7-23(38-14-22(18(38)3)28-35-32-16-36(28)4)21-13-31-27(12-20(19)21)33-26-8-10-30-29(34-26)37-11-9-25(40-5)24(39)15-37/h6-8,10,12-13,16-18,22,24-25,39H,9,11,14-15H2,1-5H3,(H,30,31,33,34)/t18-,22+,24+,25+/m1/s1. The van der Waals surface area contributed by atoms with E-state index in [9.17, 15) is 5.11 Å². The largest absolute Gasteiger partial charge is 0.389 e. The van der Waals surface area contributed by atoms with Gasteiger partial charge in [-0.05, 0) is 48.4 Å². The number of piperidine rings is 1. The van der Waals surface area contributed by atoms with Crippen LogP contribution in [-0.2, 0) is 11.8 Å². The number of aliphatic hydroxyl groups is 1. The normalized spacial score (nSPS) is 23.1. The lowest BCUT2D eigenvalue weighted by atomic mass is 9.86. The summed E-state index contributed by atoms with van der Waals surface area (Å²) in [6, 6.07) is 8.73. The maximum absolute atomic E-state index is 10.4. The number of nitrogens with zero attached hydrogens (tertiary/aromatic N) is 8. The zero-order chi connectivity index (χ0) is 28.0. The highest BCUT2D eigenvalue weighted by Gasteiger charge is 2.40. The van der Waals surface area contributed by atoms with E-state index in [1.165, 1.54) is 16.6 Å². The Morgan fingerprint density at radius 1 is 1.10 bits per heavy atom. The fraction of sp³-hybridized carbons (Fsp3) is 0.483. The summed E-state index contributed by atoms with van der Waals surface area (Å²) < 4.78 is 7.39. The molecule has 0 aliphatic carbocycles. The second-order valence-electron chi connectivity index (χ2n) is 11.2. The Hall–Kier alpha value is -3.83. The lowest BCUT2D eigenvalue weighted by Crippen LogP contribution is -2.54. The number of β-amino-alcohol motifs (C(OH)–C–C–N with tert-alkyl or cyclic N) is 1. The molecule has 5 heterocycles. The van der Waals surface area contributed by atoms with E-state index in [4.69, 9.17) is 14.7 Å². The SMILES string of the molecule is CO[C@H]1CCN(c2nccc(Nc3cc4c(C(C)C)ccc(N5C[C@H](c6nncn6C)[C@H]5C)c4cn3)n2)C[C@@H]1O. The zero-order valence-corrected chi connectivity index (χ0v) is 23.7. The van der Waals surface area contributed by atoms with Gasteiger partial charge in [-0.2, -0.15) is 4.98 Å². The minimum absolute atomic E-state index is 0.156. The van der Waals surface area contributed by atoms with Gasteiger partial charge >= 0.3 is 0 Å². The van der Waals surface area contributed by atoms with Gasteiger partial charge < -0.3 is 29.5 Å². The lowest BCUT2D eigenvalue weighted by Gasteiger charge is -2.47. The van der Waals surface area contributed by atoms with Crippen LogP contribution in [0.25, 0.3) is 10.8 Å². The van der Waals surface area contributed by atoms with E-state index in [0.717, 1.165) is 36.5 Å². The van der Waals surface area contributed by atoms with Crippen molar-refractivity contribution in [3.8, 4) is 0 Å². The highest BCUT2D eigenvalue weighted by Crippen LogP contribution is 2.42. The van der Waals surface area contributed by atoms with Gasteiger partial charge in [-0.1, -0.05) is 19.9 Å². The van der Waals surface area contributed by atoms with Crippen LogP contribution >= 0.6 is 0 Å². The van der Waals surface area contributed by atoms with Crippen molar-refractivity contribution >= 4 is 34.0 Å². The summed E-state index contributed by atoms with van der Waals surface area (Å²) in [5.74, 6) is 3.69. The average Bonchev–Trinajstić information content (AvgIpc) is 3.37. The number of aryl methyl sites for hydroxylation is 1. The number of aliphatic hydroxyl groups excluding tert-OH is 1. The van der Waals surface area contributed by atoms with Gasteiger partial charge in [0.15, 0.2) is 0 Å². The monoisotopic (exact) mass is 543 g/mol. The Morgan fingerprint density at radius 2 is 1.95 bits per heavy atom. The maximum atomic E-state index is 10.4. The molecule has 0 spiro atoms. The van der Waals surface area contributed by atoms with Crippen LogP contribution in [0.2, 0.25) is 0 Å². The Labute approximate surface area is 234 Å². The molecule has 2 aliphatic heterocycles. The van der Waals surface area contributed by atoms with Gasteiger partial charge in [0.25, 0.3) is 0 Å². The summed E-state index contributed by atoms with van der Waals surface area (Å²) in [6.07, 6.45) is 5.46. The Balaban J connectivity index is 1.26. The van der Waals surface area contributed by atoms with Crippen LogP contribution in [0.5, 0.6) is 0 Å². The second-order valence-corrected chi connectivity index (χ2v) is 11.2. The number of rotatable bonds is 7. The van der Waals surface area contributed by atoms with E-state index >= 15 is 0 Å². The summed E-state index contributed by atoms with van der Waals surface area (Å²) in [5.41, 5.74) is 2.47. The van der Waals surface area contributed by atoms with Gasteiger partial charge in [0, 0.05) is 63.3 Å². The van der Waals surface area contributed by atoms with Gasteiger partial charge in [0.2, 0.25) is 5.95 Å². The van der Waals surface area contributed by atoms with Gasteiger partial charge in [0.05, 0.1) is 18.1 Å². The first-order chi connectivity index (χ1) is 19.3. The molecule has 0 radical (unpaired) electrons. The van der Waals surface area contributed by atoms with Crippen LogP contribution < -0.4 is 15.1 Å². The molecule has 2 fully saturated rings. The smallest absolute Gasteiger partial charge is 0.227 e. The first kappa shape index (κ1) is 26.4. The van der Waals surface area contributed by atoms with Crippen molar-refractivity contribution in [2.45, 2.75) is 57.3 Å². The number of aromatic nitrogens is 6. The van der Waals surface area contributed by atoms with Crippen molar-refractivity contribution in [3.05, 3.63) is 54.4 Å². The Kier molecular flexibility index (Phi) is 7.01. The lowest BCUT2D eigenvalue weighted by molar-refractivity contribution is -0.0219. The van der Waals surface area contributed by atoms with Crippen molar-refractivity contribution in [2.24, 2.45) is 7.05 Å². The number of anilines is 4. The Bertz CT molecular complexity index is 1510. The molecule has 4 aromatic rings. The number of benzene rings is 1. The number of nitrogens with one attached hydrogen (secondary N) is 1. The molecule has 40 heavy (non-hydrogen) atoms. The van der Waals surface area contributed by atoms with Crippen LogP contribution in [0.3, 0.4) is 0 Å². The highest BCUT2D eigenvalue weighted by atomic mass is 16.5. The molecular weight excluding hydrogens is 506 g/mol. The van der Waals surface area contributed by atoms with E-state index in [1.54, 1.807) is 19.6 Å². The fourth-order valence-corrected chi connectivity index (χ4v) is 5.99. The van der Waals surface area contributed by atoms with Crippen molar-refractivity contribution in [1.82, 2.24) is 29.7 Å². The predicted molar refractivity (Wildman–Crippen MR) is 155 cm³/mol. The summed E-state index contributed by atoms with van der Waals surface area (Å²) in [5, 5.41) is 24.5. The molecule has 6 rings (SSSR count). The minimum atomic E-state index is -0.574. The number of fused-ring (bicyclic) bond motifs is 1. The predicted octanol–water partition coefficient (Wildman–Crippen LogP) is 3.60. The van der Waals surface area contributed by atoms with Gasteiger partial charge in [-0.25, -0.2) is 9.97 Å². The van der Waals surface area contributed by atoms with Crippen molar-refractivity contribution in [3.63, 3.8) is 0 Å². The van der Waals surface area contributed by atoms with E-state index < -0.39 is 6.10 Å². The van der Waals surface area contributed by atoms with Crippen molar-refractivity contribution in [1.29, 1.82) is 0 Å². The van der Waals surface area contributed by atoms with Crippen LogP contribution in [0.4, 0.5) is 23.3 Å². The number of hydrogen-bond acceptors (Lipinski definition) is 10. The van der Waals surface area contributed by atoms with Gasteiger partial charge in [-0.3, -0.25) is 0 Å². The molecule has 1 aromatic carbocycles. The van der Waals surface area contributed by atoms with E-state index in [-0.39, 0.29) is 6.10 Å². The molecular formula is C29H37N9O2. The maximum Gasteiger partial charge on any atom is 0.227 e. The van der Waals surface area contributed by atoms with Crippen LogP contribution in [0.15, 0.2) is 43.0 Å². The molecule has 0 unspecified atom stereocenters. The van der Waals surface area contributed by atoms with Gasteiger partial charge in [0.1, 0.15) is 23.8 Å². The number of ether oxygens (including phenoxy) is 1. The number of hydrogen-bond donors (Lipinski definition) is 2. The second kappa shape index (κ2) is 10.6. The fourth-order valence-electron chi connectivity index (χ4n) is 5.99. The molecule has 0 bridgehead atoms. The molecule has 4 atom stereocenters. The first-order valence-electron chi connectivity index (χ1n) is 13.9. The summed E-state index contributed by atoms with van der Waals surface area (Å²) in [4.78, 5) is 18.4. The first-order valence-corrected chi connectivity index (χ1v) is 13.9. The number of methoxy groups -OCH3 is 1. The third-order valence-corrected chi connectivity index (χ3v) is 8.39. The van der Waals surface area contributed by atoms with Crippen LogP contribution in [0.1, 0.15) is 50.4 Å². The molecule has 2 saturated heterocycles. The molecule has 2 aliphatic rings. The molecule has 0 saturated carbocycles. The average molecular weight is 544 g/mol. The third kappa shape index (κ3) is 4.73. The molecule has 2 N–H and O–H groups in total. The van der Waals surface area contributed by atoms with Crippen LogP contribution in [-0.4, -0.2) is 79.8 Å². The van der Waals surface area contributed by atoms with E-state index in [1.807, 2.05) is 28.8 Å². The quantitative estimate of drug-likeness (QED) is 0.358. The Morgan fingerprint density at radius 3 is 2.65 bits per heavy atom. The van der Waals surface area contributed by atoms with Crippen molar-refractivity contribution < 1.29 is 9.84 Å². The molecule has 11 nitrogen and oxygen atoms in total. The summed E-state index contributed by atoms with van der Waals surface area (Å²) >= 11 is 0. The van der Waals surface area contributed by atoms with E-state index in [0.29, 0.717) is 36.2 Å². The number of pyridine rings is 1. The summed E-state index contributed by atoms with van der Waals surface area (Å²) in [6.45, 7) is 8.73. The topological polar surface area (TPSA) is 117 Å². The molecule has 0 amide bonds.